The summed E-state index contributed by atoms with van der Waals surface area (Å²) in [5.41, 5.74) is -0.952. The Morgan fingerprint density at radius 2 is 1.75 bits per heavy atom. The van der Waals surface area contributed by atoms with Crippen LogP contribution in [0, 0.1) is 17.5 Å². The highest BCUT2D eigenvalue weighted by molar-refractivity contribution is 7.90. The zero-order valence-corrected chi connectivity index (χ0v) is 16.0. The van der Waals surface area contributed by atoms with Gasteiger partial charge >= 0.3 is 5.97 Å². The summed E-state index contributed by atoms with van der Waals surface area (Å²) in [4.78, 5) is 24.1. The minimum atomic E-state index is -3.63. The fraction of sp³-hybridized carbons (Fsp3) is 0.176. The number of benzene rings is 2. The second-order valence-electron chi connectivity index (χ2n) is 5.67. The molecule has 150 valence electrons. The first-order chi connectivity index (χ1) is 12.9. The summed E-state index contributed by atoms with van der Waals surface area (Å²) in [6.07, 6.45) is -0.560. The SMILES string of the molecule is CC(OC(=O)c1cc(S(C)(=O)=O)ccc1Cl)C(=O)Nc1ccc(F)c(F)c1F. The Labute approximate surface area is 163 Å². The van der Waals surface area contributed by atoms with Crippen LogP contribution in [0.25, 0.3) is 0 Å². The molecular weight excluding hydrogens is 423 g/mol. The molecule has 6 nitrogen and oxygen atoms in total. The number of hydrogen-bond donors (Lipinski definition) is 1. The van der Waals surface area contributed by atoms with E-state index in [-0.39, 0.29) is 15.5 Å². The zero-order chi connectivity index (χ0) is 21.2. The van der Waals surface area contributed by atoms with Crippen LogP contribution in [0.1, 0.15) is 17.3 Å². The molecule has 0 bridgehead atoms. The number of ether oxygens (including phenoxy) is 1. The highest BCUT2D eigenvalue weighted by Gasteiger charge is 2.24. The molecule has 0 saturated carbocycles. The first kappa shape index (κ1) is 21.7. The second kappa shape index (κ2) is 8.19. The van der Waals surface area contributed by atoms with Gasteiger partial charge in [-0.3, -0.25) is 4.79 Å². The van der Waals surface area contributed by atoms with Gasteiger partial charge in [0.05, 0.1) is 21.2 Å². The first-order valence-corrected chi connectivity index (χ1v) is 9.83. The lowest BCUT2D eigenvalue weighted by Gasteiger charge is -2.15. The van der Waals surface area contributed by atoms with Crippen molar-refractivity contribution in [3.63, 3.8) is 0 Å². The van der Waals surface area contributed by atoms with Gasteiger partial charge in [-0.05, 0) is 37.3 Å². The maximum Gasteiger partial charge on any atom is 0.340 e. The molecule has 0 saturated heterocycles. The van der Waals surface area contributed by atoms with Gasteiger partial charge in [-0.2, -0.15) is 0 Å². The third kappa shape index (κ3) is 4.82. The Bertz CT molecular complexity index is 1060. The smallest absolute Gasteiger partial charge is 0.340 e. The van der Waals surface area contributed by atoms with Crippen LogP contribution in [0.4, 0.5) is 18.9 Å². The molecule has 2 aromatic carbocycles. The Morgan fingerprint density at radius 1 is 1.11 bits per heavy atom. The first-order valence-electron chi connectivity index (χ1n) is 7.56. The normalized spacial score (nSPS) is 12.4. The Hall–Kier alpha value is -2.59. The molecule has 0 fully saturated rings. The number of rotatable bonds is 5. The number of halogens is 4. The average Bonchev–Trinajstić information content (AvgIpc) is 2.61. The van der Waals surface area contributed by atoms with Gasteiger partial charge in [-0.1, -0.05) is 11.6 Å². The van der Waals surface area contributed by atoms with Gasteiger partial charge in [0.2, 0.25) is 0 Å². The topological polar surface area (TPSA) is 89.5 Å². The predicted molar refractivity (Wildman–Crippen MR) is 94.4 cm³/mol. The van der Waals surface area contributed by atoms with E-state index in [1.165, 1.54) is 12.1 Å². The van der Waals surface area contributed by atoms with Crippen molar-refractivity contribution >= 4 is 39.0 Å². The predicted octanol–water partition coefficient (Wildman–Crippen LogP) is 3.34. The molecule has 11 heteroatoms. The van der Waals surface area contributed by atoms with E-state index < -0.39 is 51.0 Å². The summed E-state index contributed by atoms with van der Waals surface area (Å²) in [5, 5.41) is 1.84. The molecular formula is C17H13ClF3NO5S. The van der Waals surface area contributed by atoms with E-state index in [0.29, 0.717) is 6.07 Å². The number of anilines is 1. The molecule has 1 atom stereocenters. The minimum absolute atomic E-state index is 0.114. The average molecular weight is 436 g/mol. The summed E-state index contributed by atoms with van der Waals surface area (Å²) in [5.74, 6) is -6.96. The Morgan fingerprint density at radius 3 is 2.36 bits per heavy atom. The van der Waals surface area contributed by atoms with Crippen molar-refractivity contribution in [2.45, 2.75) is 17.9 Å². The number of sulfone groups is 1. The van der Waals surface area contributed by atoms with Gasteiger partial charge in [0, 0.05) is 6.26 Å². The summed E-state index contributed by atoms with van der Waals surface area (Å²) in [6.45, 7) is 1.14. The van der Waals surface area contributed by atoms with Crippen LogP contribution in [-0.4, -0.2) is 32.7 Å². The van der Waals surface area contributed by atoms with E-state index in [2.05, 4.69) is 0 Å². The van der Waals surface area contributed by atoms with Crippen molar-refractivity contribution in [3.8, 4) is 0 Å². The highest BCUT2D eigenvalue weighted by Crippen LogP contribution is 2.23. The van der Waals surface area contributed by atoms with E-state index >= 15 is 0 Å². The van der Waals surface area contributed by atoms with Gasteiger partial charge in [-0.25, -0.2) is 26.4 Å². The fourth-order valence-corrected chi connectivity index (χ4v) is 2.87. The van der Waals surface area contributed by atoms with Crippen molar-refractivity contribution in [2.75, 3.05) is 11.6 Å². The molecule has 0 aliphatic carbocycles. The monoisotopic (exact) mass is 435 g/mol. The maximum atomic E-state index is 13.6. The fourth-order valence-electron chi connectivity index (χ4n) is 2.03. The lowest BCUT2D eigenvalue weighted by Crippen LogP contribution is -2.30. The minimum Gasteiger partial charge on any atom is -0.449 e. The van der Waals surface area contributed by atoms with Gasteiger partial charge in [0.15, 0.2) is 33.4 Å². The third-order valence-corrected chi connectivity index (χ3v) is 4.97. The van der Waals surface area contributed by atoms with E-state index in [1.807, 2.05) is 5.32 Å². The van der Waals surface area contributed by atoms with Crippen LogP contribution in [0.15, 0.2) is 35.2 Å². The van der Waals surface area contributed by atoms with Crippen LogP contribution in [-0.2, 0) is 19.4 Å². The number of nitrogens with one attached hydrogen (secondary N) is 1. The van der Waals surface area contributed by atoms with Crippen molar-refractivity contribution in [2.24, 2.45) is 0 Å². The van der Waals surface area contributed by atoms with Gasteiger partial charge in [-0.15, -0.1) is 0 Å². The largest absolute Gasteiger partial charge is 0.449 e. The van der Waals surface area contributed by atoms with Crippen LogP contribution >= 0.6 is 11.6 Å². The lowest BCUT2D eigenvalue weighted by atomic mass is 10.2. The summed E-state index contributed by atoms with van der Waals surface area (Å²) < 4.78 is 67.8. The summed E-state index contributed by atoms with van der Waals surface area (Å²) >= 11 is 5.86. The van der Waals surface area contributed by atoms with Gasteiger partial charge < -0.3 is 10.1 Å². The van der Waals surface area contributed by atoms with Crippen molar-refractivity contribution in [1.82, 2.24) is 0 Å². The van der Waals surface area contributed by atoms with Crippen LogP contribution in [0.5, 0.6) is 0 Å². The Kier molecular flexibility index (Phi) is 6.35. The van der Waals surface area contributed by atoms with E-state index in [1.54, 1.807) is 0 Å². The molecule has 0 spiro atoms. The van der Waals surface area contributed by atoms with Crippen LogP contribution < -0.4 is 5.32 Å². The van der Waals surface area contributed by atoms with Crippen LogP contribution in [0.2, 0.25) is 5.02 Å². The van der Waals surface area contributed by atoms with Gasteiger partial charge in [0.1, 0.15) is 0 Å². The molecule has 0 aliphatic rings. The second-order valence-corrected chi connectivity index (χ2v) is 8.10. The number of amides is 1. The molecule has 0 heterocycles. The summed E-state index contributed by atoms with van der Waals surface area (Å²) in [6, 6.07) is 4.76. The van der Waals surface area contributed by atoms with Crippen molar-refractivity contribution in [1.29, 1.82) is 0 Å². The quantitative estimate of drug-likeness (QED) is 0.574. The molecule has 2 rings (SSSR count). The summed E-state index contributed by atoms with van der Waals surface area (Å²) in [7, 11) is -3.63. The number of hydrogen-bond acceptors (Lipinski definition) is 5. The number of carbonyl (C=O) groups is 2. The van der Waals surface area contributed by atoms with Crippen LogP contribution in [0.3, 0.4) is 0 Å². The molecule has 2 aromatic rings. The standard InChI is InChI=1S/C17H13ClF3NO5S/c1-8(16(23)22-13-6-5-12(19)14(20)15(13)21)27-17(24)10-7-9(28(2,25)26)3-4-11(10)18/h3-8H,1-2H3,(H,22,23). The molecule has 1 amide bonds. The van der Waals surface area contributed by atoms with E-state index in [0.717, 1.165) is 25.3 Å². The number of carbonyl (C=O) groups excluding carboxylic acids is 2. The molecule has 1 N–H and O–H groups in total. The highest BCUT2D eigenvalue weighted by atomic mass is 35.5. The number of esters is 1. The molecule has 0 aromatic heterocycles. The molecule has 0 aliphatic heterocycles. The molecule has 28 heavy (non-hydrogen) atoms. The third-order valence-electron chi connectivity index (χ3n) is 3.53. The van der Waals surface area contributed by atoms with Crippen molar-refractivity contribution < 1.29 is 35.9 Å². The van der Waals surface area contributed by atoms with E-state index in [9.17, 15) is 31.2 Å². The maximum absolute atomic E-state index is 13.6. The Balaban J connectivity index is 2.16. The van der Waals surface area contributed by atoms with E-state index in [4.69, 9.17) is 16.3 Å². The molecule has 1 unspecified atom stereocenters. The lowest BCUT2D eigenvalue weighted by molar-refractivity contribution is -0.123. The zero-order valence-electron chi connectivity index (χ0n) is 14.4. The molecule has 0 radical (unpaired) electrons. The van der Waals surface area contributed by atoms with Gasteiger partial charge in [0.25, 0.3) is 5.91 Å². The van der Waals surface area contributed by atoms with Crippen molar-refractivity contribution in [3.05, 3.63) is 58.4 Å².